The van der Waals surface area contributed by atoms with E-state index in [4.69, 9.17) is 9.47 Å². The molecule has 1 aliphatic heterocycles. The van der Waals surface area contributed by atoms with Gasteiger partial charge in [0.05, 0.1) is 6.10 Å². The molecule has 0 bridgehead atoms. The highest BCUT2D eigenvalue weighted by Crippen LogP contribution is 2.40. The van der Waals surface area contributed by atoms with E-state index in [0.717, 1.165) is 6.42 Å². The van der Waals surface area contributed by atoms with Gasteiger partial charge in [-0.05, 0) is 44.4 Å². The molecule has 104 valence electrons. The third-order valence-corrected chi connectivity index (χ3v) is 4.77. The lowest BCUT2D eigenvalue weighted by molar-refractivity contribution is -0.161. The number of hydrogen-bond donors (Lipinski definition) is 0. The van der Waals surface area contributed by atoms with Crippen LogP contribution in [0, 0.1) is 17.8 Å². The van der Waals surface area contributed by atoms with E-state index in [9.17, 15) is 4.79 Å². The van der Waals surface area contributed by atoms with Crippen LogP contribution in [0.5, 0.6) is 0 Å². The van der Waals surface area contributed by atoms with Crippen LogP contribution in [0.4, 0.5) is 0 Å². The van der Waals surface area contributed by atoms with E-state index < -0.39 is 5.60 Å². The van der Waals surface area contributed by atoms with Crippen LogP contribution in [0.25, 0.3) is 0 Å². The maximum Gasteiger partial charge on any atom is 0.341 e. The molecule has 0 aromatic carbocycles. The van der Waals surface area contributed by atoms with E-state index in [1.807, 2.05) is 13.8 Å². The Bertz CT molecular complexity index is 326. The summed E-state index contributed by atoms with van der Waals surface area (Å²) in [5, 5.41) is 0. The van der Waals surface area contributed by atoms with Gasteiger partial charge >= 0.3 is 5.97 Å². The van der Waals surface area contributed by atoms with Crippen LogP contribution in [0.1, 0.15) is 53.9 Å². The topological polar surface area (TPSA) is 38.8 Å². The van der Waals surface area contributed by atoms with Crippen molar-refractivity contribution in [2.45, 2.75) is 71.7 Å². The van der Waals surface area contributed by atoms with Crippen molar-refractivity contribution in [3.8, 4) is 0 Å². The van der Waals surface area contributed by atoms with Crippen LogP contribution in [0.2, 0.25) is 0 Å². The Labute approximate surface area is 110 Å². The van der Waals surface area contributed by atoms with Gasteiger partial charge in [-0.15, -0.1) is 0 Å². The lowest BCUT2D eigenvalue weighted by Gasteiger charge is -2.37. The van der Waals surface area contributed by atoms with Crippen LogP contribution < -0.4 is 0 Å². The first-order chi connectivity index (χ1) is 8.34. The number of ether oxygens (including phenoxy) is 2. The van der Waals surface area contributed by atoms with Crippen molar-refractivity contribution in [2.75, 3.05) is 0 Å². The van der Waals surface area contributed by atoms with Crippen molar-refractivity contribution in [1.82, 2.24) is 0 Å². The Morgan fingerprint density at radius 1 is 1.33 bits per heavy atom. The standard InChI is InChI=1S/C15H26O3/c1-9(2)12-7-6-10(3)8-13(12)17-14(16)15(5)11(4)18-15/h9-13H,6-8H2,1-5H3/t10-,11+,12+,13?,15-/m1/s1. The zero-order chi connectivity index (χ0) is 13.5. The number of epoxide rings is 1. The molecule has 3 nitrogen and oxygen atoms in total. The summed E-state index contributed by atoms with van der Waals surface area (Å²) in [6.07, 6.45) is 3.50. The lowest BCUT2D eigenvalue weighted by Crippen LogP contribution is -2.39. The summed E-state index contributed by atoms with van der Waals surface area (Å²) in [5.74, 6) is 1.56. The first-order valence-electron chi connectivity index (χ1n) is 7.23. The van der Waals surface area contributed by atoms with Gasteiger partial charge in [0.1, 0.15) is 6.10 Å². The second-order valence-electron chi connectivity index (χ2n) is 6.64. The average Bonchev–Trinajstić information content (AvgIpc) is 2.88. The first kappa shape index (κ1) is 13.9. The largest absolute Gasteiger partial charge is 0.460 e. The number of carbonyl (C=O) groups excluding carboxylic acids is 1. The van der Waals surface area contributed by atoms with Gasteiger partial charge in [0.2, 0.25) is 0 Å². The van der Waals surface area contributed by atoms with Crippen molar-refractivity contribution >= 4 is 5.97 Å². The Balaban J connectivity index is 1.98. The fourth-order valence-corrected chi connectivity index (χ4v) is 3.05. The highest BCUT2D eigenvalue weighted by atomic mass is 16.7. The van der Waals surface area contributed by atoms with Crippen LogP contribution in [-0.2, 0) is 14.3 Å². The van der Waals surface area contributed by atoms with Gasteiger partial charge in [-0.25, -0.2) is 4.79 Å². The Morgan fingerprint density at radius 3 is 2.44 bits per heavy atom. The Hall–Kier alpha value is -0.570. The average molecular weight is 254 g/mol. The first-order valence-corrected chi connectivity index (χ1v) is 7.23. The predicted molar refractivity (Wildman–Crippen MR) is 70.2 cm³/mol. The molecule has 0 amide bonds. The molecule has 3 heteroatoms. The minimum absolute atomic E-state index is 0.00325. The maximum atomic E-state index is 12.1. The Morgan fingerprint density at radius 2 is 1.94 bits per heavy atom. The summed E-state index contributed by atoms with van der Waals surface area (Å²) in [6, 6.07) is 0. The van der Waals surface area contributed by atoms with Crippen LogP contribution in [0.15, 0.2) is 0 Å². The minimum atomic E-state index is -0.678. The van der Waals surface area contributed by atoms with E-state index in [0.29, 0.717) is 17.8 Å². The smallest absolute Gasteiger partial charge is 0.341 e. The van der Waals surface area contributed by atoms with Gasteiger partial charge in [0.25, 0.3) is 0 Å². The van der Waals surface area contributed by atoms with Crippen molar-refractivity contribution in [3.05, 3.63) is 0 Å². The van der Waals surface area contributed by atoms with Gasteiger partial charge in [-0.1, -0.05) is 27.2 Å². The third-order valence-electron chi connectivity index (χ3n) is 4.77. The molecule has 1 aliphatic carbocycles. The van der Waals surface area contributed by atoms with E-state index in [-0.39, 0.29) is 18.2 Å². The fourth-order valence-electron chi connectivity index (χ4n) is 3.05. The molecule has 0 aromatic rings. The minimum Gasteiger partial charge on any atom is -0.460 e. The molecule has 1 unspecified atom stereocenters. The maximum absolute atomic E-state index is 12.1. The summed E-state index contributed by atoms with van der Waals surface area (Å²) in [4.78, 5) is 12.1. The zero-order valence-electron chi connectivity index (χ0n) is 12.2. The number of carbonyl (C=O) groups is 1. The molecule has 0 aromatic heterocycles. The van der Waals surface area contributed by atoms with E-state index in [1.54, 1.807) is 0 Å². The normalized spacial score (nSPS) is 43.9. The second-order valence-corrected chi connectivity index (χ2v) is 6.64. The fraction of sp³-hybridized carbons (Fsp3) is 0.933. The SMILES string of the molecule is CC(C)[C@@H]1CC[C@@H](C)CC1OC(=O)[C@]1(C)O[C@H]1C. The molecule has 18 heavy (non-hydrogen) atoms. The number of esters is 1. The van der Waals surface area contributed by atoms with E-state index >= 15 is 0 Å². The lowest BCUT2D eigenvalue weighted by atomic mass is 9.75. The summed E-state index contributed by atoms with van der Waals surface area (Å²) < 4.78 is 11.1. The quantitative estimate of drug-likeness (QED) is 0.573. The molecule has 2 fully saturated rings. The Kier molecular flexibility index (Phi) is 3.72. The van der Waals surface area contributed by atoms with Crippen LogP contribution in [-0.4, -0.2) is 23.8 Å². The molecule has 0 radical (unpaired) electrons. The van der Waals surface area contributed by atoms with Crippen molar-refractivity contribution in [1.29, 1.82) is 0 Å². The van der Waals surface area contributed by atoms with Crippen molar-refractivity contribution in [2.24, 2.45) is 17.8 Å². The van der Waals surface area contributed by atoms with Crippen molar-refractivity contribution < 1.29 is 14.3 Å². The predicted octanol–water partition coefficient (Wildman–Crippen LogP) is 3.17. The molecule has 1 saturated carbocycles. The molecular weight excluding hydrogens is 228 g/mol. The number of hydrogen-bond acceptors (Lipinski definition) is 3. The molecule has 2 aliphatic rings. The summed E-state index contributed by atoms with van der Waals surface area (Å²) >= 11 is 0. The monoisotopic (exact) mass is 254 g/mol. The molecule has 0 N–H and O–H groups in total. The second kappa shape index (κ2) is 4.84. The zero-order valence-corrected chi connectivity index (χ0v) is 12.2. The van der Waals surface area contributed by atoms with Gasteiger partial charge in [0, 0.05) is 0 Å². The summed E-state index contributed by atoms with van der Waals surface area (Å²) in [5.41, 5.74) is -0.678. The van der Waals surface area contributed by atoms with Crippen LogP contribution in [0.3, 0.4) is 0 Å². The molecule has 1 saturated heterocycles. The summed E-state index contributed by atoms with van der Waals surface area (Å²) in [7, 11) is 0. The van der Waals surface area contributed by atoms with Gasteiger partial charge < -0.3 is 9.47 Å². The number of rotatable bonds is 3. The highest BCUT2D eigenvalue weighted by Gasteiger charge is 2.58. The van der Waals surface area contributed by atoms with Crippen molar-refractivity contribution in [3.63, 3.8) is 0 Å². The van der Waals surface area contributed by atoms with Gasteiger partial charge in [-0.2, -0.15) is 0 Å². The van der Waals surface area contributed by atoms with Gasteiger partial charge in [0.15, 0.2) is 5.60 Å². The molecule has 1 heterocycles. The summed E-state index contributed by atoms with van der Waals surface area (Å²) in [6.45, 7) is 10.4. The molecule has 5 atom stereocenters. The highest BCUT2D eigenvalue weighted by molar-refractivity contribution is 5.82. The van der Waals surface area contributed by atoms with Gasteiger partial charge in [-0.3, -0.25) is 0 Å². The van der Waals surface area contributed by atoms with E-state index in [2.05, 4.69) is 20.8 Å². The molecule has 2 rings (SSSR count). The van der Waals surface area contributed by atoms with Crippen LogP contribution >= 0.6 is 0 Å². The molecular formula is C15H26O3. The molecule has 0 spiro atoms. The van der Waals surface area contributed by atoms with E-state index in [1.165, 1.54) is 12.8 Å². The third kappa shape index (κ3) is 2.56.